The summed E-state index contributed by atoms with van der Waals surface area (Å²) >= 11 is 0. The zero-order valence-electron chi connectivity index (χ0n) is 8.60. The van der Waals surface area contributed by atoms with Crippen LogP contribution in [0, 0.1) is 6.92 Å². The van der Waals surface area contributed by atoms with Gasteiger partial charge in [-0.3, -0.25) is 0 Å². The molecular weight excluding hydrogens is 196 g/mol. The van der Waals surface area contributed by atoms with Crippen LogP contribution in [0.3, 0.4) is 0 Å². The van der Waals surface area contributed by atoms with Gasteiger partial charge in [0.25, 0.3) is 5.89 Å². The SMILES string of the molecule is Cc1cc(-c2nc(C(C)CN)no2)no1. The molecule has 0 radical (unpaired) electrons. The monoisotopic (exact) mass is 208 g/mol. The fourth-order valence-electron chi connectivity index (χ4n) is 1.11. The number of aromatic nitrogens is 3. The lowest BCUT2D eigenvalue weighted by Gasteiger charge is -1.98. The number of nitrogens with two attached hydrogens (primary N) is 1. The van der Waals surface area contributed by atoms with E-state index in [0.29, 0.717) is 29.7 Å². The molecule has 2 heterocycles. The van der Waals surface area contributed by atoms with Crippen molar-refractivity contribution in [2.45, 2.75) is 19.8 Å². The van der Waals surface area contributed by atoms with Gasteiger partial charge in [0.15, 0.2) is 11.5 Å². The van der Waals surface area contributed by atoms with E-state index in [1.165, 1.54) is 0 Å². The highest BCUT2D eigenvalue weighted by Crippen LogP contribution is 2.19. The minimum absolute atomic E-state index is 0.0792. The Hall–Kier alpha value is -1.69. The zero-order valence-corrected chi connectivity index (χ0v) is 8.60. The Bertz CT molecular complexity index is 448. The average molecular weight is 208 g/mol. The van der Waals surface area contributed by atoms with E-state index < -0.39 is 0 Å². The van der Waals surface area contributed by atoms with Gasteiger partial charge in [-0.05, 0) is 6.92 Å². The van der Waals surface area contributed by atoms with Gasteiger partial charge in [0.2, 0.25) is 0 Å². The Morgan fingerprint density at radius 1 is 1.40 bits per heavy atom. The van der Waals surface area contributed by atoms with E-state index in [1.807, 2.05) is 6.92 Å². The first kappa shape index (κ1) is 9.85. The van der Waals surface area contributed by atoms with Crippen molar-refractivity contribution in [3.8, 4) is 11.6 Å². The number of hydrogen-bond acceptors (Lipinski definition) is 6. The van der Waals surface area contributed by atoms with E-state index in [9.17, 15) is 0 Å². The Balaban J connectivity index is 2.27. The lowest BCUT2D eigenvalue weighted by molar-refractivity contribution is 0.388. The quantitative estimate of drug-likeness (QED) is 0.811. The second-order valence-electron chi connectivity index (χ2n) is 3.42. The Morgan fingerprint density at radius 3 is 2.80 bits per heavy atom. The first-order valence-electron chi connectivity index (χ1n) is 4.68. The summed E-state index contributed by atoms with van der Waals surface area (Å²) in [6.45, 7) is 4.22. The first-order chi connectivity index (χ1) is 7.20. The Kier molecular flexibility index (Phi) is 2.51. The van der Waals surface area contributed by atoms with Gasteiger partial charge in [0.05, 0.1) is 0 Å². The molecule has 2 N–H and O–H groups in total. The van der Waals surface area contributed by atoms with Crippen molar-refractivity contribution in [2.75, 3.05) is 6.54 Å². The predicted octanol–water partition coefficient (Wildman–Crippen LogP) is 1.10. The van der Waals surface area contributed by atoms with Crippen LogP contribution in [-0.2, 0) is 0 Å². The molecule has 1 atom stereocenters. The number of nitrogens with zero attached hydrogens (tertiary/aromatic N) is 3. The Labute approximate surface area is 86.4 Å². The van der Waals surface area contributed by atoms with Crippen molar-refractivity contribution in [1.29, 1.82) is 0 Å². The fraction of sp³-hybridized carbons (Fsp3) is 0.444. The average Bonchev–Trinajstić information content (AvgIpc) is 2.84. The molecule has 2 rings (SSSR count). The van der Waals surface area contributed by atoms with E-state index in [-0.39, 0.29) is 5.92 Å². The minimum atomic E-state index is 0.0792. The maximum Gasteiger partial charge on any atom is 0.280 e. The molecule has 0 saturated heterocycles. The van der Waals surface area contributed by atoms with Gasteiger partial charge in [0.1, 0.15) is 5.76 Å². The van der Waals surface area contributed by atoms with Crippen LogP contribution in [0.1, 0.15) is 24.4 Å². The maximum atomic E-state index is 5.50. The van der Waals surface area contributed by atoms with Crippen molar-refractivity contribution in [3.63, 3.8) is 0 Å². The number of hydrogen-bond donors (Lipinski definition) is 1. The molecule has 1 unspecified atom stereocenters. The summed E-state index contributed by atoms with van der Waals surface area (Å²) in [5, 5.41) is 7.61. The normalized spacial score (nSPS) is 13.0. The summed E-state index contributed by atoms with van der Waals surface area (Å²) in [6.07, 6.45) is 0. The second-order valence-corrected chi connectivity index (χ2v) is 3.42. The van der Waals surface area contributed by atoms with Gasteiger partial charge < -0.3 is 14.8 Å². The molecule has 0 aliphatic heterocycles. The molecule has 0 spiro atoms. The van der Waals surface area contributed by atoms with Crippen LogP contribution < -0.4 is 5.73 Å². The largest absolute Gasteiger partial charge is 0.361 e. The summed E-state index contributed by atoms with van der Waals surface area (Å²) < 4.78 is 9.96. The molecule has 0 aliphatic carbocycles. The van der Waals surface area contributed by atoms with Gasteiger partial charge in [-0.15, -0.1) is 0 Å². The number of aryl methyl sites for hydroxylation is 1. The zero-order chi connectivity index (χ0) is 10.8. The summed E-state index contributed by atoms with van der Waals surface area (Å²) in [7, 11) is 0. The summed E-state index contributed by atoms with van der Waals surface area (Å²) in [6, 6.07) is 1.74. The van der Waals surface area contributed by atoms with Crippen LogP contribution in [0.25, 0.3) is 11.6 Å². The van der Waals surface area contributed by atoms with Crippen LogP contribution in [-0.4, -0.2) is 21.8 Å². The van der Waals surface area contributed by atoms with Gasteiger partial charge in [-0.2, -0.15) is 4.98 Å². The fourth-order valence-corrected chi connectivity index (χ4v) is 1.11. The molecule has 15 heavy (non-hydrogen) atoms. The second kappa shape index (κ2) is 3.82. The van der Waals surface area contributed by atoms with E-state index in [4.69, 9.17) is 14.8 Å². The third kappa shape index (κ3) is 1.89. The predicted molar refractivity (Wildman–Crippen MR) is 52.0 cm³/mol. The van der Waals surface area contributed by atoms with Crippen LogP contribution >= 0.6 is 0 Å². The molecule has 0 aromatic carbocycles. The van der Waals surface area contributed by atoms with E-state index in [2.05, 4.69) is 15.3 Å². The highest BCUT2D eigenvalue weighted by molar-refractivity contribution is 5.45. The molecule has 0 aliphatic rings. The summed E-state index contributed by atoms with van der Waals surface area (Å²) in [5.41, 5.74) is 6.05. The van der Waals surface area contributed by atoms with Crippen molar-refractivity contribution in [2.24, 2.45) is 5.73 Å². The van der Waals surface area contributed by atoms with Gasteiger partial charge in [-0.25, -0.2) is 0 Å². The highest BCUT2D eigenvalue weighted by atomic mass is 16.5. The van der Waals surface area contributed by atoms with E-state index in [1.54, 1.807) is 13.0 Å². The maximum absolute atomic E-state index is 5.50. The lowest BCUT2D eigenvalue weighted by atomic mass is 10.2. The van der Waals surface area contributed by atoms with Crippen molar-refractivity contribution >= 4 is 0 Å². The molecule has 80 valence electrons. The first-order valence-corrected chi connectivity index (χ1v) is 4.68. The molecule has 6 heteroatoms. The van der Waals surface area contributed by atoms with Crippen molar-refractivity contribution in [1.82, 2.24) is 15.3 Å². The van der Waals surface area contributed by atoms with E-state index in [0.717, 1.165) is 0 Å². The van der Waals surface area contributed by atoms with Gasteiger partial charge in [0, 0.05) is 18.5 Å². The van der Waals surface area contributed by atoms with Crippen LogP contribution in [0.2, 0.25) is 0 Å². The molecule has 2 aromatic heterocycles. The van der Waals surface area contributed by atoms with Crippen LogP contribution in [0.4, 0.5) is 0 Å². The molecular formula is C9H12N4O2. The molecule has 6 nitrogen and oxygen atoms in total. The molecule has 0 fully saturated rings. The summed E-state index contributed by atoms with van der Waals surface area (Å²) in [4.78, 5) is 4.18. The van der Waals surface area contributed by atoms with Gasteiger partial charge >= 0.3 is 0 Å². The third-order valence-corrected chi connectivity index (χ3v) is 2.08. The Morgan fingerprint density at radius 2 is 2.20 bits per heavy atom. The lowest BCUT2D eigenvalue weighted by Crippen LogP contribution is -2.10. The van der Waals surface area contributed by atoms with Crippen molar-refractivity contribution < 1.29 is 9.05 Å². The molecule has 2 aromatic rings. The van der Waals surface area contributed by atoms with Crippen molar-refractivity contribution in [3.05, 3.63) is 17.7 Å². The van der Waals surface area contributed by atoms with Crippen LogP contribution in [0.15, 0.2) is 15.1 Å². The van der Waals surface area contributed by atoms with E-state index >= 15 is 0 Å². The third-order valence-electron chi connectivity index (χ3n) is 2.08. The topological polar surface area (TPSA) is 91.0 Å². The minimum Gasteiger partial charge on any atom is -0.361 e. The van der Waals surface area contributed by atoms with Crippen LogP contribution in [0.5, 0.6) is 0 Å². The molecule has 0 bridgehead atoms. The number of rotatable bonds is 3. The highest BCUT2D eigenvalue weighted by Gasteiger charge is 2.15. The molecule has 0 amide bonds. The smallest absolute Gasteiger partial charge is 0.280 e. The molecule has 0 saturated carbocycles. The standard InChI is InChI=1S/C9H12N4O2/c1-5(4-10)8-11-9(15-13-8)7-3-6(2)14-12-7/h3,5H,4,10H2,1-2H3. The van der Waals surface area contributed by atoms with Gasteiger partial charge in [-0.1, -0.05) is 17.2 Å². The summed E-state index contributed by atoms with van der Waals surface area (Å²) in [5.74, 6) is 1.74.